The molecule has 4 aliphatic carbocycles. The number of ether oxygens (including phenoxy) is 5. The smallest absolute Gasteiger partial charge is 0.306 e. The van der Waals surface area contributed by atoms with Crippen LogP contribution in [-0.2, 0) is 38.1 Å². The van der Waals surface area contributed by atoms with Gasteiger partial charge in [0.2, 0.25) is 0 Å². The monoisotopic (exact) mass is 1180 g/mol. The molecule has 486 valence electrons. The van der Waals surface area contributed by atoms with Gasteiger partial charge in [0.25, 0.3) is 0 Å². The molecular weight excluding hydrogens is 1050 g/mol. The van der Waals surface area contributed by atoms with E-state index < -0.39 is 6.10 Å². The number of hydrogen-bond acceptors (Lipinski definition) is 8. The predicted molar refractivity (Wildman–Crippen MR) is 357 cm³/mol. The number of carbonyl (C=O) groups is 3. The van der Waals surface area contributed by atoms with Gasteiger partial charge in [-0.05, 0) is 183 Å². The van der Waals surface area contributed by atoms with E-state index in [0.717, 1.165) is 146 Å². The van der Waals surface area contributed by atoms with Gasteiger partial charge in [0.15, 0.2) is 6.10 Å². The molecule has 0 aromatic heterocycles. The van der Waals surface area contributed by atoms with Gasteiger partial charge in [0.1, 0.15) is 13.2 Å². The highest BCUT2D eigenvalue weighted by Crippen LogP contribution is 2.66. The molecule has 0 aromatic rings. The molecule has 4 aliphatic rings. The molecule has 0 radical (unpaired) electrons. The molecule has 3 fully saturated rings. The first-order valence-corrected chi connectivity index (χ1v) is 36.3. The molecule has 0 aliphatic heterocycles. The number of methoxy groups -OCH3 is 1. The lowest BCUT2D eigenvalue weighted by molar-refractivity contribution is -0.167. The van der Waals surface area contributed by atoms with E-state index >= 15 is 0 Å². The van der Waals surface area contributed by atoms with Crippen LogP contribution in [0, 0.1) is 28.6 Å². The van der Waals surface area contributed by atoms with Gasteiger partial charge in [-0.25, -0.2) is 0 Å². The van der Waals surface area contributed by atoms with Crippen molar-refractivity contribution in [3.63, 3.8) is 0 Å². The van der Waals surface area contributed by atoms with Crippen molar-refractivity contribution >= 4 is 17.9 Å². The lowest BCUT2D eigenvalue weighted by Gasteiger charge is -2.58. The predicted octanol–water partition coefficient (Wildman–Crippen LogP) is 22.0. The van der Waals surface area contributed by atoms with E-state index in [1.54, 1.807) is 5.57 Å². The van der Waals surface area contributed by atoms with E-state index in [1.807, 2.05) is 7.11 Å². The lowest BCUT2D eigenvalue weighted by atomic mass is 9.47. The summed E-state index contributed by atoms with van der Waals surface area (Å²) in [6.07, 6.45) is 75.1. The molecule has 0 amide bonds. The van der Waals surface area contributed by atoms with Gasteiger partial charge in [-0.15, -0.1) is 0 Å². The summed E-state index contributed by atoms with van der Waals surface area (Å²) in [5, 5.41) is 0. The fraction of sp³-hybridized carbons (Fsp3) is 0.805. The molecular formula is C77H130O8. The van der Waals surface area contributed by atoms with Gasteiger partial charge in [-0.3, -0.25) is 14.4 Å². The first kappa shape index (κ1) is 74.2. The number of unbranched alkanes of at least 4 members (excludes halogenated alkanes) is 27. The van der Waals surface area contributed by atoms with E-state index in [4.69, 9.17) is 23.7 Å². The van der Waals surface area contributed by atoms with E-state index in [1.165, 1.54) is 141 Å². The van der Waals surface area contributed by atoms with E-state index in [2.05, 4.69) is 101 Å². The minimum absolute atomic E-state index is 0.0113. The molecule has 3 saturated carbocycles. The minimum atomic E-state index is -0.812. The molecule has 8 nitrogen and oxygen atoms in total. The third-order valence-corrected chi connectivity index (χ3v) is 20.1. The van der Waals surface area contributed by atoms with Gasteiger partial charge in [-0.2, -0.15) is 0 Å². The number of esters is 3. The molecule has 9 unspecified atom stereocenters. The second kappa shape index (κ2) is 46.8. The number of fused-ring (bicyclic) bond motifs is 5. The molecule has 9 atom stereocenters. The summed E-state index contributed by atoms with van der Waals surface area (Å²) < 4.78 is 30.1. The first-order chi connectivity index (χ1) is 41.6. The number of carbonyl (C=O) groups excluding carboxylic acids is 3. The van der Waals surface area contributed by atoms with Crippen LogP contribution in [-0.4, -0.2) is 62.6 Å². The Hall–Kier alpha value is -3.23. The highest BCUT2D eigenvalue weighted by Gasteiger charge is 2.59. The molecule has 0 spiro atoms. The van der Waals surface area contributed by atoms with Crippen LogP contribution < -0.4 is 0 Å². The molecule has 85 heavy (non-hydrogen) atoms. The van der Waals surface area contributed by atoms with Crippen molar-refractivity contribution < 1.29 is 38.1 Å². The van der Waals surface area contributed by atoms with Gasteiger partial charge in [0.05, 0.1) is 18.3 Å². The zero-order chi connectivity index (χ0) is 60.9. The molecule has 0 heterocycles. The molecule has 4 rings (SSSR count). The normalized spacial score (nSPS) is 23.9. The van der Waals surface area contributed by atoms with Crippen LogP contribution in [0.25, 0.3) is 0 Å². The Morgan fingerprint density at radius 2 is 0.941 bits per heavy atom. The van der Waals surface area contributed by atoms with Crippen LogP contribution in [0.15, 0.2) is 72.4 Å². The Kier molecular flexibility index (Phi) is 40.9. The molecule has 8 heteroatoms. The van der Waals surface area contributed by atoms with E-state index in [0.29, 0.717) is 36.2 Å². The summed E-state index contributed by atoms with van der Waals surface area (Å²) in [5.74, 6) is 1.50. The van der Waals surface area contributed by atoms with Crippen LogP contribution in [0.1, 0.15) is 324 Å². The summed E-state index contributed by atoms with van der Waals surface area (Å²) in [6.45, 7) is 11.7. The van der Waals surface area contributed by atoms with Crippen molar-refractivity contribution in [3.8, 4) is 0 Å². The van der Waals surface area contributed by atoms with Crippen molar-refractivity contribution in [2.45, 2.75) is 348 Å². The van der Waals surface area contributed by atoms with Crippen molar-refractivity contribution in [2.24, 2.45) is 28.6 Å². The van der Waals surface area contributed by atoms with Gasteiger partial charge in [-0.1, -0.05) is 223 Å². The molecule has 0 N–H and O–H groups in total. The maximum Gasteiger partial charge on any atom is 0.306 e. The fourth-order valence-electron chi connectivity index (χ4n) is 14.8. The molecule has 0 saturated heterocycles. The van der Waals surface area contributed by atoms with Crippen molar-refractivity contribution in [2.75, 3.05) is 20.3 Å². The van der Waals surface area contributed by atoms with Crippen LogP contribution in [0.5, 0.6) is 0 Å². The highest BCUT2D eigenvalue weighted by atomic mass is 16.6. The van der Waals surface area contributed by atoms with Gasteiger partial charge < -0.3 is 23.7 Å². The third kappa shape index (κ3) is 30.7. The van der Waals surface area contributed by atoms with Crippen molar-refractivity contribution in [1.29, 1.82) is 0 Å². The fourth-order valence-corrected chi connectivity index (χ4v) is 14.8. The summed E-state index contributed by atoms with van der Waals surface area (Å²) in [4.78, 5) is 38.8. The average Bonchev–Trinajstić information content (AvgIpc) is 2.12. The van der Waals surface area contributed by atoms with Crippen LogP contribution in [0.3, 0.4) is 0 Å². The van der Waals surface area contributed by atoms with Crippen LogP contribution in [0.4, 0.5) is 0 Å². The Morgan fingerprint density at radius 3 is 1.46 bits per heavy atom. The highest BCUT2D eigenvalue weighted by molar-refractivity contribution is 5.71. The van der Waals surface area contributed by atoms with Gasteiger partial charge in [0, 0.05) is 26.4 Å². The SMILES string of the molecule is CCCCC/C=C\C/C=C\CCCCCCCC(=O)OC(COC(=O)CCCCCCC/C=C\CCCCCCCC)COC(=O)CCCCCCC/C=C\C(/C=C\CCCCC)OC1C=C2CCC3C(CCC4(C)C(OC)CCC34)C2(C)CC1. The molecule has 0 bridgehead atoms. The van der Waals surface area contributed by atoms with Crippen LogP contribution in [0.2, 0.25) is 0 Å². The van der Waals surface area contributed by atoms with E-state index in [-0.39, 0.29) is 43.3 Å². The van der Waals surface area contributed by atoms with E-state index in [9.17, 15) is 14.4 Å². The first-order valence-electron chi connectivity index (χ1n) is 36.3. The Bertz CT molecular complexity index is 1930. The quantitative estimate of drug-likeness (QED) is 0.0257. The number of hydrogen-bond donors (Lipinski definition) is 0. The topological polar surface area (TPSA) is 97.4 Å². The summed E-state index contributed by atoms with van der Waals surface area (Å²) >= 11 is 0. The number of allylic oxidation sites excluding steroid dienone is 9. The second-order valence-electron chi connectivity index (χ2n) is 27.0. The second-order valence-corrected chi connectivity index (χ2v) is 27.0. The lowest BCUT2D eigenvalue weighted by Crippen LogP contribution is -2.51. The average molecular weight is 1180 g/mol. The van der Waals surface area contributed by atoms with Gasteiger partial charge >= 0.3 is 17.9 Å². The standard InChI is InChI=1S/C77H130O8/c1-7-10-13-16-18-20-22-24-26-28-30-32-36-41-46-51-73(78)82-63-68(85-75(80)53-48-43-37-33-31-29-27-25-23-21-19-17-14-11-8-2)64-83-74(79)52-47-42-38-34-35-40-45-50-66(49-44-39-15-12-9-3)84-67-58-60-76(4)65(62-67)54-55-69-70-56-57-72(81-6)77(70,5)61-59-71(69)76/h19,21,24-27,44-45,49-50,62,66-72H,7-18,20,22-23,28-43,46-48,51-61,63-64H2,1-6H3/b21-19-,26-24-,27-25-,49-44-,50-45-. The largest absolute Gasteiger partial charge is 0.462 e. The Morgan fingerprint density at radius 1 is 0.494 bits per heavy atom. The Balaban J connectivity index is 1.13. The van der Waals surface area contributed by atoms with Crippen LogP contribution >= 0.6 is 0 Å². The zero-order valence-electron chi connectivity index (χ0n) is 55.9. The summed E-state index contributed by atoms with van der Waals surface area (Å²) in [7, 11) is 1.94. The third-order valence-electron chi connectivity index (χ3n) is 20.1. The molecule has 0 aromatic carbocycles. The summed E-state index contributed by atoms with van der Waals surface area (Å²) in [5.41, 5.74) is 2.34. The van der Waals surface area contributed by atoms with Crippen molar-refractivity contribution in [1.82, 2.24) is 0 Å². The summed E-state index contributed by atoms with van der Waals surface area (Å²) in [6, 6.07) is 0. The number of rotatable bonds is 51. The minimum Gasteiger partial charge on any atom is -0.462 e. The maximum atomic E-state index is 13.0. The maximum absolute atomic E-state index is 13.0. The zero-order valence-corrected chi connectivity index (χ0v) is 55.9. The Labute approximate surface area is 522 Å². The van der Waals surface area contributed by atoms with Crippen molar-refractivity contribution in [3.05, 3.63) is 72.4 Å².